The second-order valence-corrected chi connectivity index (χ2v) is 5.03. The Morgan fingerprint density at radius 1 is 1.18 bits per heavy atom. The van der Waals surface area contributed by atoms with Gasteiger partial charge in [0.2, 0.25) is 5.95 Å². The Morgan fingerprint density at radius 2 is 1.94 bits per heavy atom. The van der Waals surface area contributed by atoms with Gasteiger partial charge in [0.05, 0.1) is 5.56 Å². The van der Waals surface area contributed by atoms with E-state index in [1.165, 1.54) is 32.1 Å². The van der Waals surface area contributed by atoms with Crippen LogP contribution in [0.4, 0.5) is 5.95 Å². The van der Waals surface area contributed by atoms with Gasteiger partial charge in [-0.2, -0.15) is 0 Å². The number of hydrogen-bond donors (Lipinski definition) is 0. The quantitative estimate of drug-likeness (QED) is 0.731. The van der Waals surface area contributed by atoms with Crippen molar-refractivity contribution in [1.29, 1.82) is 0 Å². The second kappa shape index (κ2) is 4.43. The van der Waals surface area contributed by atoms with Gasteiger partial charge in [0.1, 0.15) is 0 Å². The van der Waals surface area contributed by atoms with E-state index in [1.807, 2.05) is 0 Å². The first-order valence-electron chi connectivity index (χ1n) is 6.42. The number of aromatic nitrogens is 2. The number of nitrogens with zero attached hydrogens (tertiary/aromatic N) is 3. The molecule has 2 heterocycles. The molecule has 0 bridgehead atoms. The third-order valence-electron chi connectivity index (χ3n) is 4.04. The van der Waals surface area contributed by atoms with Crippen LogP contribution in [0.3, 0.4) is 0 Å². The van der Waals surface area contributed by atoms with Crippen LogP contribution in [0.25, 0.3) is 0 Å². The van der Waals surface area contributed by atoms with Crippen LogP contribution in [0, 0.1) is 5.92 Å². The highest BCUT2D eigenvalue weighted by atomic mass is 16.1. The zero-order chi connectivity index (χ0) is 11.7. The second-order valence-electron chi connectivity index (χ2n) is 5.03. The third-order valence-corrected chi connectivity index (χ3v) is 4.04. The van der Waals surface area contributed by atoms with Gasteiger partial charge in [-0.15, -0.1) is 0 Å². The number of carbonyl (C=O) groups is 1. The van der Waals surface area contributed by atoms with Crippen LogP contribution in [0.2, 0.25) is 0 Å². The first kappa shape index (κ1) is 10.7. The third kappa shape index (κ3) is 1.92. The summed E-state index contributed by atoms with van der Waals surface area (Å²) in [4.78, 5) is 21.6. The Kier molecular flexibility index (Phi) is 2.79. The Balaban J connectivity index is 1.83. The van der Waals surface area contributed by atoms with E-state index < -0.39 is 0 Å². The maximum atomic E-state index is 10.6. The van der Waals surface area contributed by atoms with Gasteiger partial charge in [0.25, 0.3) is 0 Å². The minimum absolute atomic E-state index is 0.550. The smallest absolute Gasteiger partial charge is 0.225 e. The van der Waals surface area contributed by atoms with Crippen molar-refractivity contribution in [3.63, 3.8) is 0 Å². The molecule has 4 heteroatoms. The van der Waals surface area contributed by atoms with E-state index in [1.54, 1.807) is 12.4 Å². The summed E-state index contributed by atoms with van der Waals surface area (Å²) in [5.41, 5.74) is 0.550. The van der Waals surface area contributed by atoms with Crippen LogP contribution in [0.5, 0.6) is 0 Å². The van der Waals surface area contributed by atoms with Crippen molar-refractivity contribution < 1.29 is 4.79 Å². The van der Waals surface area contributed by atoms with E-state index in [2.05, 4.69) is 14.9 Å². The molecule has 1 aliphatic heterocycles. The van der Waals surface area contributed by atoms with Crippen LogP contribution in [-0.4, -0.2) is 28.8 Å². The van der Waals surface area contributed by atoms with Crippen molar-refractivity contribution in [2.24, 2.45) is 5.92 Å². The summed E-state index contributed by atoms with van der Waals surface area (Å²) in [7, 11) is 0. The molecule has 0 N–H and O–H groups in total. The highest BCUT2D eigenvalue weighted by molar-refractivity contribution is 5.73. The summed E-state index contributed by atoms with van der Waals surface area (Å²) >= 11 is 0. The fourth-order valence-corrected chi connectivity index (χ4v) is 3.24. The monoisotopic (exact) mass is 231 g/mol. The molecule has 4 nitrogen and oxygen atoms in total. The Morgan fingerprint density at radius 3 is 2.71 bits per heavy atom. The Hall–Kier alpha value is -1.45. The number of anilines is 1. The molecule has 2 atom stereocenters. The molecule has 2 fully saturated rings. The largest absolute Gasteiger partial charge is 0.338 e. The van der Waals surface area contributed by atoms with Crippen molar-refractivity contribution in [1.82, 2.24) is 9.97 Å². The average Bonchev–Trinajstić information content (AvgIpc) is 2.87. The van der Waals surface area contributed by atoms with Crippen molar-refractivity contribution in [3.8, 4) is 0 Å². The summed E-state index contributed by atoms with van der Waals surface area (Å²) < 4.78 is 0. The SMILES string of the molecule is O=Cc1cnc(N2CCCC3CCCC32)nc1. The molecular weight excluding hydrogens is 214 g/mol. The zero-order valence-electron chi connectivity index (χ0n) is 9.88. The van der Waals surface area contributed by atoms with Crippen LogP contribution in [0.1, 0.15) is 42.5 Å². The molecule has 2 aliphatic rings. The summed E-state index contributed by atoms with van der Waals surface area (Å²) in [6.45, 7) is 1.06. The van der Waals surface area contributed by atoms with Crippen molar-refractivity contribution >= 4 is 12.2 Å². The van der Waals surface area contributed by atoms with E-state index >= 15 is 0 Å². The molecule has 1 saturated heterocycles. The van der Waals surface area contributed by atoms with Crippen LogP contribution in [0.15, 0.2) is 12.4 Å². The molecule has 90 valence electrons. The number of rotatable bonds is 2. The molecule has 1 aromatic rings. The minimum Gasteiger partial charge on any atom is -0.338 e. The number of aldehydes is 1. The van der Waals surface area contributed by atoms with Crippen molar-refractivity contribution in [2.75, 3.05) is 11.4 Å². The predicted octanol–water partition coefficient (Wildman–Crippen LogP) is 2.06. The zero-order valence-corrected chi connectivity index (χ0v) is 9.88. The number of carbonyl (C=O) groups excluding carboxylic acids is 1. The highest BCUT2D eigenvalue weighted by Gasteiger charge is 2.35. The maximum Gasteiger partial charge on any atom is 0.225 e. The van der Waals surface area contributed by atoms with E-state index in [9.17, 15) is 4.79 Å². The molecule has 0 amide bonds. The normalized spacial score (nSPS) is 27.9. The van der Waals surface area contributed by atoms with Crippen molar-refractivity contribution in [3.05, 3.63) is 18.0 Å². The molecule has 17 heavy (non-hydrogen) atoms. The summed E-state index contributed by atoms with van der Waals surface area (Å²) in [6, 6.07) is 0.630. The number of fused-ring (bicyclic) bond motifs is 1. The van der Waals surface area contributed by atoms with Crippen LogP contribution in [-0.2, 0) is 0 Å². The Bertz CT molecular complexity index is 404. The Labute approximate surface area is 101 Å². The number of piperidine rings is 1. The lowest BCUT2D eigenvalue weighted by Crippen LogP contribution is -2.43. The van der Waals surface area contributed by atoms with Gasteiger partial charge in [-0.25, -0.2) is 9.97 Å². The molecule has 1 saturated carbocycles. The first-order chi connectivity index (χ1) is 8.38. The van der Waals surface area contributed by atoms with E-state index in [0.29, 0.717) is 11.6 Å². The van der Waals surface area contributed by atoms with Gasteiger partial charge in [0.15, 0.2) is 6.29 Å². The van der Waals surface area contributed by atoms with E-state index in [-0.39, 0.29) is 0 Å². The lowest BCUT2D eigenvalue weighted by molar-refractivity contribution is 0.112. The average molecular weight is 231 g/mol. The fourth-order valence-electron chi connectivity index (χ4n) is 3.24. The summed E-state index contributed by atoms with van der Waals surface area (Å²) in [5.74, 6) is 1.63. The van der Waals surface area contributed by atoms with E-state index in [0.717, 1.165) is 24.7 Å². The van der Waals surface area contributed by atoms with E-state index in [4.69, 9.17) is 0 Å². The highest BCUT2D eigenvalue weighted by Crippen LogP contribution is 2.37. The maximum absolute atomic E-state index is 10.6. The molecule has 0 radical (unpaired) electrons. The minimum atomic E-state index is 0.550. The molecular formula is C13H17N3O. The summed E-state index contributed by atoms with van der Waals surface area (Å²) in [6.07, 6.45) is 10.6. The number of hydrogen-bond acceptors (Lipinski definition) is 4. The molecule has 2 unspecified atom stereocenters. The standard InChI is InChI=1S/C13H17N3O/c17-9-10-7-14-13(15-8-10)16-6-2-4-11-3-1-5-12(11)16/h7-9,11-12H,1-6H2. The topological polar surface area (TPSA) is 46.1 Å². The van der Waals surface area contributed by atoms with Gasteiger partial charge in [-0.3, -0.25) is 4.79 Å². The lowest BCUT2D eigenvalue weighted by Gasteiger charge is -2.37. The van der Waals surface area contributed by atoms with Gasteiger partial charge in [-0.1, -0.05) is 6.42 Å². The van der Waals surface area contributed by atoms with Gasteiger partial charge >= 0.3 is 0 Å². The van der Waals surface area contributed by atoms with Crippen LogP contribution >= 0.6 is 0 Å². The molecule has 0 aromatic carbocycles. The van der Waals surface area contributed by atoms with Gasteiger partial charge < -0.3 is 4.90 Å². The van der Waals surface area contributed by atoms with Crippen molar-refractivity contribution in [2.45, 2.75) is 38.1 Å². The van der Waals surface area contributed by atoms with Crippen LogP contribution < -0.4 is 4.90 Å². The van der Waals surface area contributed by atoms with Gasteiger partial charge in [-0.05, 0) is 31.6 Å². The van der Waals surface area contributed by atoms with Gasteiger partial charge in [0, 0.05) is 25.0 Å². The molecule has 3 rings (SSSR count). The lowest BCUT2D eigenvalue weighted by atomic mass is 9.92. The molecule has 1 aliphatic carbocycles. The molecule has 0 spiro atoms. The summed E-state index contributed by atoms with van der Waals surface area (Å²) in [5, 5.41) is 0. The predicted molar refractivity (Wildman–Crippen MR) is 65.1 cm³/mol. The first-order valence-corrected chi connectivity index (χ1v) is 6.42. The fraction of sp³-hybridized carbons (Fsp3) is 0.615. The molecule has 1 aromatic heterocycles.